The van der Waals surface area contributed by atoms with Gasteiger partial charge in [0.05, 0.1) is 30.5 Å². The number of urea groups is 1. The van der Waals surface area contributed by atoms with Gasteiger partial charge in [-0.2, -0.15) is 5.26 Å². The van der Waals surface area contributed by atoms with Gasteiger partial charge < -0.3 is 20.5 Å². The molecular weight excluding hydrogens is 342 g/mol. The van der Waals surface area contributed by atoms with Crippen LogP contribution in [0.4, 0.5) is 10.5 Å². The molecule has 0 aromatic heterocycles. The molecule has 1 aliphatic heterocycles. The lowest BCUT2D eigenvalue weighted by Gasteiger charge is -2.16. The summed E-state index contributed by atoms with van der Waals surface area (Å²) < 4.78 is 5.78. The van der Waals surface area contributed by atoms with Crippen molar-refractivity contribution in [1.82, 2.24) is 5.32 Å². The molecule has 0 saturated carbocycles. The quantitative estimate of drug-likeness (QED) is 0.763. The third-order valence-electron chi connectivity index (χ3n) is 3.06. The highest BCUT2D eigenvalue weighted by Crippen LogP contribution is 2.21. The summed E-state index contributed by atoms with van der Waals surface area (Å²) >= 11 is 3.25. The topological polar surface area (TPSA) is 111 Å². The Kier molecular flexibility index (Phi) is 4.77. The first kappa shape index (κ1) is 15.3. The first-order chi connectivity index (χ1) is 10.0. The fourth-order valence-corrected chi connectivity index (χ4v) is 2.35. The highest BCUT2D eigenvalue weighted by molar-refractivity contribution is 9.10. The molecule has 2 amide bonds. The predicted octanol–water partition coefficient (Wildman–Crippen LogP) is 1.54. The van der Waals surface area contributed by atoms with Gasteiger partial charge in [-0.05, 0) is 18.2 Å². The summed E-state index contributed by atoms with van der Waals surface area (Å²) in [6.45, 7) is 0.217. The van der Waals surface area contributed by atoms with Gasteiger partial charge in [-0.1, -0.05) is 15.9 Å². The van der Waals surface area contributed by atoms with Crippen molar-refractivity contribution in [1.29, 1.82) is 5.26 Å². The molecule has 2 unspecified atom stereocenters. The summed E-state index contributed by atoms with van der Waals surface area (Å²) in [4.78, 5) is 22.9. The SMILES string of the molecule is N#Cc1ccc(Br)cc1NC(=O)NC1COCC1C(=O)O. The minimum absolute atomic E-state index is 0.0701. The predicted molar refractivity (Wildman–Crippen MR) is 76.7 cm³/mol. The number of nitrogens with one attached hydrogen (secondary N) is 2. The number of benzene rings is 1. The van der Waals surface area contributed by atoms with Gasteiger partial charge in [-0.3, -0.25) is 4.79 Å². The zero-order valence-corrected chi connectivity index (χ0v) is 12.4. The van der Waals surface area contributed by atoms with Crippen molar-refractivity contribution >= 4 is 33.6 Å². The Morgan fingerprint density at radius 3 is 2.86 bits per heavy atom. The molecule has 21 heavy (non-hydrogen) atoms. The van der Waals surface area contributed by atoms with Crippen molar-refractivity contribution in [3.63, 3.8) is 0 Å². The van der Waals surface area contributed by atoms with Crippen molar-refractivity contribution in [3.8, 4) is 6.07 Å². The molecule has 2 atom stereocenters. The number of amides is 2. The lowest BCUT2D eigenvalue weighted by molar-refractivity contribution is -0.142. The van der Waals surface area contributed by atoms with E-state index in [0.29, 0.717) is 15.7 Å². The number of nitrogens with zero attached hydrogens (tertiary/aromatic N) is 1. The minimum atomic E-state index is -1.02. The van der Waals surface area contributed by atoms with Crippen molar-refractivity contribution < 1.29 is 19.4 Å². The van der Waals surface area contributed by atoms with E-state index in [0.717, 1.165) is 0 Å². The average Bonchev–Trinajstić information content (AvgIpc) is 2.87. The van der Waals surface area contributed by atoms with Gasteiger partial charge in [-0.25, -0.2) is 4.79 Å². The normalized spacial score (nSPS) is 20.6. The van der Waals surface area contributed by atoms with Crippen LogP contribution in [-0.2, 0) is 9.53 Å². The number of aliphatic carboxylic acids is 1. The van der Waals surface area contributed by atoms with Gasteiger partial charge in [0.25, 0.3) is 0 Å². The van der Waals surface area contributed by atoms with Crippen LogP contribution < -0.4 is 10.6 Å². The fraction of sp³-hybridized carbons (Fsp3) is 0.308. The van der Waals surface area contributed by atoms with E-state index in [1.807, 2.05) is 6.07 Å². The molecule has 0 spiro atoms. The molecule has 1 aromatic carbocycles. The van der Waals surface area contributed by atoms with Crippen molar-refractivity contribution in [2.24, 2.45) is 5.92 Å². The molecule has 0 bridgehead atoms. The average molecular weight is 354 g/mol. The summed E-state index contributed by atoms with van der Waals surface area (Å²) in [5.41, 5.74) is 0.654. The Hall–Kier alpha value is -2.11. The molecule has 1 aromatic rings. The third kappa shape index (κ3) is 3.71. The Morgan fingerprint density at radius 2 is 2.19 bits per heavy atom. The van der Waals surface area contributed by atoms with E-state index in [4.69, 9.17) is 15.1 Å². The van der Waals surface area contributed by atoms with Crippen molar-refractivity contribution in [2.75, 3.05) is 18.5 Å². The van der Waals surface area contributed by atoms with E-state index < -0.39 is 24.0 Å². The molecule has 2 rings (SSSR count). The second kappa shape index (κ2) is 6.56. The molecule has 8 heteroatoms. The highest BCUT2D eigenvalue weighted by atomic mass is 79.9. The Bertz CT molecular complexity index is 614. The summed E-state index contributed by atoms with van der Waals surface area (Å²) in [6.07, 6.45) is 0. The largest absolute Gasteiger partial charge is 0.481 e. The van der Waals surface area contributed by atoms with Crippen LogP contribution in [0.25, 0.3) is 0 Å². The molecule has 0 aliphatic carbocycles. The minimum Gasteiger partial charge on any atom is -0.481 e. The van der Waals surface area contributed by atoms with Gasteiger partial charge in [0, 0.05) is 4.47 Å². The van der Waals surface area contributed by atoms with E-state index >= 15 is 0 Å². The first-order valence-corrected chi connectivity index (χ1v) is 6.88. The van der Waals surface area contributed by atoms with Crippen LogP contribution in [0.3, 0.4) is 0 Å². The van der Waals surface area contributed by atoms with Crippen LogP contribution in [0, 0.1) is 17.2 Å². The van der Waals surface area contributed by atoms with Crippen LogP contribution in [-0.4, -0.2) is 36.4 Å². The summed E-state index contributed by atoms with van der Waals surface area (Å²) in [6, 6.07) is 5.64. The number of carboxylic acid groups (broad SMARTS) is 1. The van der Waals surface area contributed by atoms with Crippen LogP contribution in [0.5, 0.6) is 0 Å². The molecule has 1 heterocycles. The summed E-state index contributed by atoms with van der Waals surface area (Å²) in [5, 5.41) is 23.1. The van der Waals surface area contributed by atoms with Crippen molar-refractivity contribution in [3.05, 3.63) is 28.2 Å². The van der Waals surface area contributed by atoms with Gasteiger partial charge in [0.15, 0.2) is 0 Å². The van der Waals surface area contributed by atoms with E-state index in [1.165, 1.54) is 0 Å². The summed E-state index contributed by atoms with van der Waals surface area (Å²) in [7, 11) is 0. The van der Waals surface area contributed by atoms with E-state index in [-0.39, 0.29) is 13.2 Å². The van der Waals surface area contributed by atoms with E-state index in [1.54, 1.807) is 18.2 Å². The smallest absolute Gasteiger partial charge is 0.319 e. The number of ether oxygens (including phenoxy) is 1. The maximum Gasteiger partial charge on any atom is 0.319 e. The molecule has 7 nitrogen and oxygen atoms in total. The maximum atomic E-state index is 11.9. The summed E-state index contributed by atoms with van der Waals surface area (Å²) in [5.74, 6) is -1.79. The van der Waals surface area contributed by atoms with E-state index in [9.17, 15) is 9.59 Å². The Labute approximate surface area is 129 Å². The number of carbonyl (C=O) groups is 2. The number of rotatable bonds is 3. The third-order valence-corrected chi connectivity index (χ3v) is 3.56. The van der Waals surface area contributed by atoms with Gasteiger partial charge >= 0.3 is 12.0 Å². The second-order valence-corrected chi connectivity index (χ2v) is 5.40. The zero-order chi connectivity index (χ0) is 15.4. The zero-order valence-electron chi connectivity index (χ0n) is 10.8. The lowest BCUT2D eigenvalue weighted by Crippen LogP contribution is -2.44. The number of carbonyl (C=O) groups excluding carboxylic acids is 1. The number of hydrogen-bond donors (Lipinski definition) is 3. The molecule has 0 radical (unpaired) electrons. The van der Waals surface area contributed by atoms with E-state index in [2.05, 4.69) is 26.6 Å². The maximum absolute atomic E-state index is 11.9. The van der Waals surface area contributed by atoms with Gasteiger partial charge in [0.2, 0.25) is 0 Å². The van der Waals surface area contributed by atoms with Crippen LogP contribution in [0.1, 0.15) is 5.56 Å². The standard InChI is InChI=1S/C13H12BrN3O4/c14-8-2-1-7(4-15)10(3-8)16-13(20)17-11-6-21-5-9(11)12(18)19/h1-3,9,11H,5-6H2,(H,18,19)(H2,16,17,20). The van der Waals surface area contributed by atoms with Crippen LogP contribution in [0.15, 0.2) is 22.7 Å². The second-order valence-electron chi connectivity index (χ2n) is 4.49. The first-order valence-electron chi connectivity index (χ1n) is 6.09. The molecule has 1 saturated heterocycles. The van der Waals surface area contributed by atoms with Crippen molar-refractivity contribution in [2.45, 2.75) is 6.04 Å². The number of carboxylic acids is 1. The molecular formula is C13H12BrN3O4. The Balaban J connectivity index is 2.04. The van der Waals surface area contributed by atoms with Crippen LogP contribution in [0.2, 0.25) is 0 Å². The number of halogens is 1. The molecule has 110 valence electrons. The molecule has 3 N–H and O–H groups in total. The lowest BCUT2D eigenvalue weighted by atomic mass is 10.0. The monoisotopic (exact) mass is 353 g/mol. The van der Waals surface area contributed by atoms with Crippen LogP contribution >= 0.6 is 15.9 Å². The van der Waals surface area contributed by atoms with Gasteiger partial charge in [0.1, 0.15) is 12.0 Å². The number of anilines is 1. The number of hydrogen-bond acceptors (Lipinski definition) is 4. The fourth-order valence-electron chi connectivity index (χ4n) is 1.98. The van der Waals surface area contributed by atoms with Gasteiger partial charge in [-0.15, -0.1) is 0 Å². The highest BCUT2D eigenvalue weighted by Gasteiger charge is 2.35. The number of nitriles is 1. The molecule has 1 aliphatic rings. The molecule has 1 fully saturated rings. The Morgan fingerprint density at radius 1 is 1.43 bits per heavy atom.